The number of rotatable bonds is 6. The van der Waals surface area contributed by atoms with Gasteiger partial charge in [-0.2, -0.15) is 0 Å². The van der Waals surface area contributed by atoms with E-state index >= 15 is 0 Å². The number of Topliss-reactive ketones (excluding diaryl/α,β-unsaturated/α-hetero) is 1. The second kappa shape index (κ2) is 7.64. The maximum Gasteiger partial charge on any atom is 0.335 e. The van der Waals surface area contributed by atoms with Crippen LogP contribution in [0.1, 0.15) is 19.8 Å². The number of esters is 2. The Hall–Kier alpha value is -1.89. The first-order valence-electron chi connectivity index (χ1n) is 6.27. The predicted molar refractivity (Wildman–Crippen MR) is 68.4 cm³/mol. The highest BCUT2D eigenvalue weighted by Gasteiger charge is 2.22. The summed E-state index contributed by atoms with van der Waals surface area (Å²) in [5.41, 5.74) is 6.40. The lowest BCUT2D eigenvalue weighted by Crippen LogP contribution is -2.26. The van der Waals surface area contributed by atoms with Crippen molar-refractivity contribution in [1.29, 1.82) is 0 Å². The second-order valence-corrected chi connectivity index (χ2v) is 4.53. The van der Waals surface area contributed by atoms with Crippen LogP contribution in [-0.2, 0) is 28.6 Å². The summed E-state index contributed by atoms with van der Waals surface area (Å²) in [6, 6.07) is 0. The van der Waals surface area contributed by atoms with E-state index in [4.69, 9.17) is 15.2 Å². The van der Waals surface area contributed by atoms with E-state index in [0.29, 0.717) is 24.3 Å². The Kier molecular flexibility index (Phi) is 6.17. The van der Waals surface area contributed by atoms with Crippen molar-refractivity contribution in [3.8, 4) is 0 Å². The summed E-state index contributed by atoms with van der Waals surface area (Å²) in [5.74, 6) is -2.05. The monoisotopic (exact) mass is 285 g/mol. The first-order valence-corrected chi connectivity index (χ1v) is 6.27. The van der Waals surface area contributed by atoms with Crippen molar-refractivity contribution in [3.63, 3.8) is 0 Å². The van der Waals surface area contributed by atoms with Gasteiger partial charge >= 0.3 is 11.9 Å². The second-order valence-electron chi connectivity index (χ2n) is 4.53. The minimum Gasteiger partial charge on any atom is -0.469 e. The van der Waals surface area contributed by atoms with Crippen LogP contribution in [0.4, 0.5) is 0 Å². The Morgan fingerprint density at radius 2 is 2.10 bits per heavy atom. The number of ketones is 1. The number of carbonyl (C=O) groups excluding carboxylic acids is 3. The fourth-order valence-corrected chi connectivity index (χ4v) is 1.61. The zero-order chi connectivity index (χ0) is 15.1. The van der Waals surface area contributed by atoms with Gasteiger partial charge in [0.05, 0.1) is 25.9 Å². The van der Waals surface area contributed by atoms with Crippen molar-refractivity contribution in [2.24, 2.45) is 11.7 Å². The molecule has 0 aromatic rings. The molecule has 0 amide bonds. The van der Waals surface area contributed by atoms with E-state index in [1.807, 2.05) is 0 Å². The van der Waals surface area contributed by atoms with Gasteiger partial charge in [-0.25, -0.2) is 4.79 Å². The lowest BCUT2D eigenvalue weighted by molar-refractivity contribution is -0.145. The molecule has 1 rings (SSSR count). The molecule has 0 fully saturated rings. The molecule has 0 saturated heterocycles. The average molecular weight is 285 g/mol. The normalized spacial score (nSPS) is 16.5. The molecule has 2 N–H and O–H groups in total. The number of ether oxygens (including phenoxy) is 3. The van der Waals surface area contributed by atoms with Crippen LogP contribution in [0.5, 0.6) is 0 Å². The van der Waals surface area contributed by atoms with Gasteiger partial charge in [0.15, 0.2) is 0 Å². The van der Waals surface area contributed by atoms with Gasteiger partial charge in [0.25, 0.3) is 0 Å². The van der Waals surface area contributed by atoms with Crippen molar-refractivity contribution in [2.45, 2.75) is 19.8 Å². The van der Waals surface area contributed by atoms with E-state index in [1.165, 1.54) is 7.11 Å². The minimum absolute atomic E-state index is 0.0910. The highest BCUT2D eigenvalue weighted by Crippen LogP contribution is 2.14. The van der Waals surface area contributed by atoms with Crippen LogP contribution < -0.4 is 5.73 Å². The molecule has 0 radical (unpaired) electrons. The zero-order valence-electron chi connectivity index (χ0n) is 11.6. The van der Waals surface area contributed by atoms with Crippen molar-refractivity contribution in [2.75, 3.05) is 26.9 Å². The smallest absolute Gasteiger partial charge is 0.335 e. The molecule has 20 heavy (non-hydrogen) atoms. The van der Waals surface area contributed by atoms with Gasteiger partial charge in [-0.05, 0) is 0 Å². The van der Waals surface area contributed by atoms with Crippen molar-refractivity contribution in [3.05, 3.63) is 11.3 Å². The lowest BCUT2D eigenvalue weighted by Gasteiger charge is -2.17. The average Bonchev–Trinajstić information content (AvgIpc) is 2.44. The van der Waals surface area contributed by atoms with Crippen LogP contribution in [-0.4, -0.2) is 44.7 Å². The quantitative estimate of drug-likeness (QED) is 0.538. The van der Waals surface area contributed by atoms with Gasteiger partial charge < -0.3 is 19.9 Å². The molecule has 1 heterocycles. The molecule has 0 aliphatic carbocycles. The highest BCUT2D eigenvalue weighted by molar-refractivity contribution is 5.97. The third-order valence-corrected chi connectivity index (χ3v) is 2.95. The first-order chi connectivity index (χ1) is 9.45. The van der Waals surface area contributed by atoms with E-state index in [0.717, 1.165) is 0 Å². The number of hydrogen-bond acceptors (Lipinski definition) is 7. The van der Waals surface area contributed by atoms with Crippen molar-refractivity contribution >= 4 is 17.7 Å². The van der Waals surface area contributed by atoms with Gasteiger partial charge in [0.1, 0.15) is 18.8 Å². The fourth-order valence-electron chi connectivity index (χ4n) is 1.61. The van der Waals surface area contributed by atoms with E-state index in [9.17, 15) is 14.4 Å². The number of methoxy groups -OCH3 is 1. The molecule has 0 bridgehead atoms. The SMILES string of the molecule is COC(=O)CC(=O)C(C)COC(=O)C1=C(N)COCC1. The van der Waals surface area contributed by atoms with Crippen LogP contribution in [0.15, 0.2) is 11.3 Å². The van der Waals surface area contributed by atoms with Gasteiger partial charge in [-0.1, -0.05) is 6.92 Å². The predicted octanol–water partition coefficient (Wildman–Crippen LogP) is -0.0690. The van der Waals surface area contributed by atoms with Gasteiger partial charge in [0.2, 0.25) is 0 Å². The van der Waals surface area contributed by atoms with Gasteiger partial charge in [-0.3, -0.25) is 9.59 Å². The topological polar surface area (TPSA) is 105 Å². The Morgan fingerprint density at radius 1 is 1.40 bits per heavy atom. The van der Waals surface area contributed by atoms with Crippen molar-refractivity contribution in [1.82, 2.24) is 0 Å². The standard InChI is InChI=1S/C13H19NO6/c1-8(11(15)5-12(16)18-2)6-20-13(17)9-3-4-19-7-10(9)14/h8H,3-7,14H2,1-2H3. The molecule has 1 atom stereocenters. The molecule has 0 aromatic carbocycles. The molecule has 1 aliphatic rings. The molecule has 7 nitrogen and oxygen atoms in total. The third-order valence-electron chi connectivity index (χ3n) is 2.95. The largest absolute Gasteiger partial charge is 0.469 e. The van der Waals surface area contributed by atoms with E-state index < -0.39 is 17.9 Å². The van der Waals surface area contributed by atoms with Crippen LogP contribution in [0.2, 0.25) is 0 Å². The lowest BCUT2D eigenvalue weighted by atomic mass is 10.1. The van der Waals surface area contributed by atoms with Crippen LogP contribution >= 0.6 is 0 Å². The van der Waals surface area contributed by atoms with Gasteiger partial charge in [0, 0.05) is 18.0 Å². The van der Waals surface area contributed by atoms with Crippen molar-refractivity contribution < 1.29 is 28.6 Å². The van der Waals surface area contributed by atoms with E-state index in [-0.39, 0.29) is 25.4 Å². The zero-order valence-corrected chi connectivity index (χ0v) is 11.6. The molecule has 112 valence electrons. The molecule has 0 spiro atoms. The molecule has 1 aliphatic heterocycles. The number of carbonyl (C=O) groups is 3. The minimum atomic E-state index is -0.607. The van der Waals surface area contributed by atoms with Crippen LogP contribution in [0, 0.1) is 5.92 Å². The van der Waals surface area contributed by atoms with Crippen LogP contribution in [0.3, 0.4) is 0 Å². The Morgan fingerprint density at radius 3 is 2.70 bits per heavy atom. The maximum absolute atomic E-state index is 11.8. The summed E-state index contributed by atoms with van der Waals surface area (Å²) in [4.78, 5) is 34.4. The fraction of sp³-hybridized carbons (Fsp3) is 0.615. The van der Waals surface area contributed by atoms with Crippen LogP contribution in [0.25, 0.3) is 0 Å². The Labute approximate surface area is 117 Å². The van der Waals surface area contributed by atoms with E-state index in [2.05, 4.69) is 4.74 Å². The maximum atomic E-state index is 11.8. The number of nitrogens with two attached hydrogens (primary N) is 1. The third kappa shape index (κ3) is 4.65. The first kappa shape index (κ1) is 16.2. The summed E-state index contributed by atoms with van der Waals surface area (Å²) in [6.45, 7) is 2.12. The number of hydrogen-bond donors (Lipinski definition) is 1. The highest BCUT2D eigenvalue weighted by atomic mass is 16.5. The molecular weight excluding hydrogens is 266 g/mol. The Bertz CT molecular complexity index is 429. The van der Waals surface area contributed by atoms with Gasteiger partial charge in [-0.15, -0.1) is 0 Å². The molecule has 1 unspecified atom stereocenters. The summed E-state index contributed by atoms with van der Waals surface area (Å²) in [7, 11) is 1.21. The van der Waals surface area contributed by atoms with E-state index in [1.54, 1.807) is 6.92 Å². The Balaban J connectivity index is 2.44. The molecule has 0 aromatic heterocycles. The summed E-state index contributed by atoms with van der Waals surface area (Å²) >= 11 is 0. The summed E-state index contributed by atoms with van der Waals surface area (Å²) < 4.78 is 14.5. The summed E-state index contributed by atoms with van der Waals surface area (Å²) in [5, 5.41) is 0. The summed E-state index contributed by atoms with van der Waals surface area (Å²) in [6.07, 6.45) is 0.0725. The molecule has 7 heteroatoms. The molecule has 0 saturated carbocycles. The molecular formula is C13H19NO6.